The third-order valence-corrected chi connectivity index (χ3v) is 7.51. The molecule has 0 saturated carbocycles. The molecular weight excluding hydrogens is 438 g/mol. The number of aromatic nitrogens is 2. The summed E-state index contributed by atoms with van der Waals surface area (Å²) in [4.78, 5) is 24.0. The SMILES string of the molecule is COC(=O)c1sc2nc(-c3sc(-c4ccccc4)nc3C)cc(-c3ccccc3)c2c1N. The topological polar surface area (TPSA) is 78.1 Å². The molecule has 0 bridgehead atoms. The number of aryl methyl sites for hydroxylation is 1. The Balaban J connectivity index is 1.75. The third kappa shape index (κ3) is 3.45. The van der Waals surface area contributed by atoms with Gasteiger partial charge in [0.2, 0.25) is 0 Å². The first kappa shape index (κ1) is 20.4. The van der Waals surface area contributed by atoms with Crippen LogP contribution in [0, 0.1) is 6.92 Å². The van der Waals surface area contributed by atoms with E-state index in [1.807, 2.05) is 61.5 Å². The summed E-state index contributed by atoms with van der Waals surface area (Å²) in [5.74, 6) is -0.452. The molecule has 5 rings (SSSR count). The maximum Gasteiger partial charge on any atom is 0.350 e. The molecule has 7 heteroatoms. The van der Waals surface area contributed by atoms with Crippen LogP contribution in [0.3, 0.4) is 0 Å². The lowest BCUT2D eigenvalue weighted by atomic mass is 10.0. The molecule has 0 aliphatic carbocycles. The zero-order valence-electron chi connectivity index (χ0n) is 17.5. The first-order chi connectivity index (χ1) is 15.6. The van der Waals surface area contributed by atoms with Crippen LogP contribution in [0.5, 0.6) is 0 Å². The van der Waals surface area contributed by atoms with Crippen LogP contribution in [0.2, 0.25) is 0 Å². The summed E-state index contributed by atoms with van der Waals surface area (Å²) in [6, 6.07) is 22.1. The molecule has 5 aromatic rings. The summed E-state index contributed by atoms with van der Waals surface area (Å²) < 4.78 is 4.93. The smallest absolute Gasteiger partial charge is 0.350 e. The summed E-state index contributed by atoms with van der Waals surface area (Å²) in [5, 5.41) is 1.72. The summed E-state index contributed by atoms with van der Waals surface area (Å²) in [6.07, 6.45) is 0. The van der Waals surface area contributed by atoms with Crippen LogP contribution in [0.4, 0.5) is 5.69 Å². The van der Waals surface area contributed by atoms with Gasteiger partial charge in [-0.3, -0.25) is 0 Å². The van der Waals surface area contributed by atoms with Crippen LogP contribution in [0.25, 0.3) is 42.5 Å². The van der Waals surface area contributed by atoms with Crippen molar-refractivity contribution in [1.82, 2.24) is 9.97 Å². The molecule has 0 spiro atoms. The highest BCUT2D eigenvalue weighted by Gasteiger charge is 2.23. The Morgan fingerprint density at radius 3 is 2.25 bits per heavy atom. The maximum absolute atomic E-state index is 12.3. The van der Waals surface area contributed by atoms with E-state index in [1.54, 1.807) is 11.3 Å². The van der Waals surface area contributed by atoms with E-state index < -0.39 is 5.97 Å². The van der Waals surface area contributed by atoms with Crippen molar-refractivity contribution in [3.63, 3.8) is 0 Å². The second-order valence-corrected chi connectivity index (χ2v) is 9.24. The Bertz CT molecular complexity index is 1440. The number of nitrogens with two attached hydrogens (primary N) is 1. The first-order valence-corrected chi connectivity index (χ1v) is 11.6. The van der Waals surface area contributed by atoms with Gasteiger partial charge in [0.05, 0.1) is 29.1 Å². The highest BCUT2D eigenvalue weighted by Crippen LogP contribution is 2.43. The van der Waals surface area contributed by atoms with Crippen molar-refractivity contribution in [2.45, 2.75) is 6.92 Å². The van der Waals surface area contributed by atoms with Gasteiger partial charge in [0.15, 0.2) is 0 Å². The number of fused-ring (bicyclic) bond motifs is 1. The van der Waals surface area contributed by atoms with Crippen LogP contribution < -0.4 is 5.73 Å². The van der Waals surface area contributed by atoms with E-state index in [4.69, 9.17) is 20.4 Å². The van der Waals surface area contributed by atoms with E-state index in [1.165, 1.54) is 18.4 Å². The second kappa shape index (κ2) is 8.18. The number of methoxy groups -OCH3 is 1. The number of carbonyl (C=O) groups excluding carboxylic acids is 1. The number of pyridine rings is 1. The monoisotopic (exact) mass is 457 g/mol. The third-order valence-electron chi connectivity index (χ3n) is 5.20. The van der Waals surface area contributed by atoms with Crippen molar-refractivity contribution in [2.75, 3.05) is 12.8 Å². The predicted octanol–water partition coefficient (Wildman–Crippen LogP) is 6.43. The molecule has 0 atom stereocenters. The molecular formula is C25H19N3O2S2. The number of hydrogen-bond donors (Lipinski definition) is 1. The predicted molar refractivity (Wildman–Crippen MR) is 132 cm³/mol. The van der Waals surface area contributed by atoms with Gasteiger partial charge in [0.1, 0.15) is 14.7 Å². The van der Waals surface area contributed by atoms with Crippen LogP contribution in [-0.2, 0) is 4.74 Å². The standard InChI is InChI=1S/C25H19N3O2S2/c1-14-21(31-23(27-14)16-11-7-4-8-12-16)18-13-17(15-9-5-3-6-10-15)19-20(26)22(25(29)30-2)32-24(19)28-18/h3-13H,26H2,1-2H3. The van der Waals surface area contributed by atoms with Gasteiger partial charge in [-0.1, -0.05) is 60.7 Å². The molecule has 158 valence electrons. The molecule has 0 saturated heterocycles. The molecule has 0 unspecified atom stereocenters. The minimum absolute atomic E-state index is 0.371. The number of carbonyl (C=O) groups is 1. The van der Waals surface area contributed by atoms with Gasteiger partial charge >= 0.3 is 5.97 Å². The Hall–Kier alpha value is -3.55. The fourth-order valence-electron chi connectivity index (χ4n) is 3.67. The molecule has 0 aliphatic rings. The Labute approximate surface area is 193 Å². The molecule has 5 nitrogen and oxygen atoms in total. The number of rotatable bonds is 4. The minimum Gasteiger partial charge on any atom is -0.465 e. The lowest BCUT2D eigenvalue weighted by Crippen LogP contribution is -2.01. The number of benzene rings is 2. The number of thiazole rings is 1. The molecule has 32 heavy (non-hydrogen) atoms. The molecule has 2 N–H and O–H groups in total. The lowest BCUT2D eigenvalue weighted by molar-refractivity contribution is 0.0607. The molecule has 0 fully saturated rings. The Morgan fingerprint density at radius 1 is 0.938 bits per heavy atom. The van der Waals surface area contributed by atoms with Gasteiger partial charge in [0, 0.05) is 10.9 Å². The van der Waals surface area contributed by atoms with E-state index in [0.717, 1.165) is 43.3 Å². The summed E-state index contributed by atoms with van der Waals surface area (Å²) in [7, 11) is 1.36. The number of nitrogen functional groups attached to an aromatic ring is 1. The highest BCUT2D eigenvalue weighted by molar-refractivity contribution is 7.21. The zero-order chi connectivity index (χ0) is 22.2. The van der Waals surface area contributed by atoms with E-state index in [9.17, 15) is 4.79 Å². The molecule has 0 aliphatic heterocycles. The molecule has 3 aromatic heterocycles. The highest BCUT2D eigenvalue weighted by atomic mass is 32.1. The van der Waals surface area contributed by atoms with Crippen molar-refractivity contribution in [3.05, 3.63) is 77.3 Å². The number of ether oxygens (including phenoxy) is 1. The van der Waals surface area contributed by atoms with E-state index >= 15 is 0 Å². The van der Waals surface area contributed by atoms with Crippen LogP contribution in [0.1, 0.15) is 15.4 Å². The van der Waals surface area contributed by atoms with Crippen molar-refractivity contribution in [1.29, 1.82) is 0 Å². The minimum atomic E-state index is -0.452. The number of esters is 1. The van der Waals surface area contributed by atoms with Gasteiger partial charge in [-0.2, -0.15) is 0 Å². The zero-order valence-corrected chi connectivity index (χ0v) is 19.1. The van der Waals surface area contributed by atoms with Gasteiger partial charge in [-0.05, 0) is 24.1 Å². The largest absolute Gasteiger partial charge is 0.465 e. The summed E-state index contributed by atoms with van der Waals surface area (Å²) >= 11 is 2.86. The molecule has 0 amide bonds. The van der Waals surface area contributed by atoms with Crippen molar-refractivity contribution in [2.24, 2.45) is 0 Å². The van der Waals surface area contributed by atoms with E-state index in [-0.39, 0.29) is 0 Å². The fourth-order valence-corrected chi connectivity index (χ4v) is 5.74. The number of anilines is 1. The first-order valence-electron chi connectivity index (χ1n) is 9.96. The van der Waals surface area contributed by atoms with Crippen molar-refractivity contribution < 1.29 is 9.53 Å². The van der Waals surface area contributed by atoms with Crippen LogP contribution >= 0.6 is 22.7 Å². The molecule has 2 aromatic carbocycles. The van der Waals surface area contributed by atoms with E-state index in [2.05, 4.69) is 12.1 Å². The quantitative estimate of drug-likeness (QED) is 0.315. The molecule has 0 radical (unpaired) electrons. The average Bonchev–Trinajstić information content (AvgIpc) is 3.39. The summed E-state index contributed by atoms with van der Waals surface area (Å²) in [6.45, 7) is 2.00. The normalized spacial score (nSPS) is 11.1. The van der Waals surface area contributed by atoms with Gasteiger partial charge in [-0.15, -0.1) is 22.7 Å². The Morgan fingerprint density at radius 2 is 1.59 bits per heavy atom. The van der Waals surface area contributed by atoms with Crippen LogP contribution in [0.15, 0.2) is 66.7 Å². The number of nitrogens with zero attached hydrogens (tertiary/aromatic N) is 2. The van der Waals surface area contributed by atoms with Crippen LogP contribution in [-0.4, -0.2) is 23.0 Å². The van der Waals surface area contributed by atoms with Gasteiger partial charge < -0.3 is 10.5 Å². The molecule has 3 heterocycles. The fraction of sp³-hybridized carbons (Fsp3) is 0.0800. The van der Waals surface area contributed by atoms with E-state index in [0.29, 0.717) is 15.4 Å². The maximum atomic E-state index is 12.3. The van der Waals surface area contributed by atoms with Gasteiger partial charge in [0.25, 0.3) is 0 Å². The Kier molecular flexibility index (Phi) is 5.20. The van der Waals surface area contributed by atoms with Gasteiger partial charge in [-0.25, -0.2) is 14.8 Å². The van der Waals surface area contributed by atoms with Crippen molar-refractivity contribution >= 4 is 44.5 Å². The number of thiophene rings is 1. The summed E-state index contributed by atoms with van der Waals surface area (Å²) in [5.41, 5.74) is 11.6. The second-order valence-electron chi connectivity index (χ2n) is 7.24. The average molecular weight is 458 g/mol. The number of hydrogen-bond acceptors (Lipinski definition) is 7. The van der Waals surface area contributed by atoms with Crippen molar-refractivity contribution in [3.8, 4) is 32.3 Å². The lowest BCUT2D eigenvalue weighted by Gasteiger charge is -2.08.